The van der Waals surface area contributed by atoms with Gasteiger partial charge in [0.05, 0.1) is 7.11 Å². The third-order valence-electron chi connectivity index (χ3n) is 2.75. The Kier molecular flexibility index (Phi) is 5.83. The minimum absolute atomic E-state index is 0.0923. The van der Waals surface area contributed by atoms with E-state index in [2.05, 4.69) is 14.9 Å². The topological polar surface area (TPSA) is 83.7 Å². The van der Waals surface area contributed by atoms with Crippen molar-refractivity contribution in [1.82, 2.24) is 10.1 Å². The first kappa shape index (κ1) is 17.4. The van der Waals surface area contributed by atoms with Crippen molar-refractivity contribution in [3.63, 3.8) is 0 Å². The van der Waals surface area contributed by atoms with Gasteiger partial charge in [0.1, 0.15) is 0 Å². The Hall–Kier alpha value is -2.97. The highest BCUT2D eigenvalue weighted by Gasteiger charge is 2.15. The monoisotopic (exact) mass is 340 g/mol. The van der Waals surface area contributed by atoms with Crippen molar-refractivity contribution in [2.45, 2.75) is 20.1 Å². The number of carbonyl (C=O) groups excluding carboxylic acids is 1. The maximum absolute atomic E-state index is 12.3. The molecule has 0 saturated heterocycles. The molecule has 0 unspecified atom stereocenters. The van der Waals surface area contributed by atoms with Crippen LogP contribution in [-0.4, -0.2) is 29.8 Å². The maximum atomic E-state index is 12.3. The zero-order valence-electron chi connectivity index (χ0n) is 12.9. The number of hydrogen-bond donors (Lipinski definition) is 0. The minimum atomic E-state index is -2.96. The van der Waals surface area contributed by atoms with Gasteiger partial charge in [-0.2, -0.15) is 13.8 Å². The number of ether oxygens (including phenoxy) is 3. The molecule has 24 heavy (non-hydrogen) atoms. The Bertz CT molecular complexity index is 730. The van der Waals surface area contributed by atoms with Crippen LogP contribution in [-0.2, 0) is 16.1 Å². The van der Waals surface area contributed by atoms with Crippen LogP contribution in [0, 0.1) is 0 Å². The number of nitrogens with zero attached hydrogens (tertiary/aromatic N) is 2. The van der Waals surface area contributed by atoms with Gasteiger partial charge in [-0.15, -0.1) is 0 Å². The molecular formula is C15H14F2N2O5. The van der Waals surface area contributed by atoms with E-state index in [4.69, 9.17) is 14.0 Å². The van der Waals surface area contributed by atoms with E-state index in [1.54, 1.807) is 6.92 Å². The fourth-order valence-corrected chi connectivity index (χ4v) is 1.75. The van der Waals surface area contributed by atoms with Crippen molar-refractivity contribution >= 4 is 5.97 Å². The lowest BCUT2D eigenvalue weighted by molar-refractivity contribution is -0.139. The largest absolute Gasteiger partial charge is 0.493 e. The Morgan fingerprint density at radius 3 is 2.83 bits per heavy atom. The molecule has 9 heteroatoms. The number of aromatic nitrogens is 2. The van der Waals surface area contributed by atoms with E-state index in [1.165, 1.54) is 37.5 Å². The Balaban J connectivity index is 2.13. The van der Waals surface area contributed by atoms with Gasteiger partial charge in [0.15, 0.2) is 18.1 Å². The number of alkyl halides is 2. The van der Waals surface area contributed by atoms with E-state index in [-0.39, 0.29) is 29.8 Å². The van der Waals surface area contributed by atoms with Gasteiger partial charge in [-0.25, -0.2) is 4.79 Å². The normalized spacial score (nSPS) is 11.0. The molecule has 0 spiro atoms. The zero-order chi connectivity index (χ0) is 17.5. The predicted octanol–water partition coefficient (Wildman–Crippen LogP) is 2.97. The number of allylic oxidation sites excluding steroid dienone is 1. The lowest BCUT2D eigenvalue weighted by Crippen LogP contribution is -2.03. The van der Waals surface area contributed by atoms with Crippen LogP contribution in [0.1, 0.15) is 12.8 Å². The molecule has 0 aliphatic rings. The summed E-state index contributed by atoms with van der Waals surface area (Å²) in [6.07, 6.45) is 2.79. The molecule has 0 N–H and O–H groups in total. The summed E-state index contributed by atoms with van der Waals surface area (Å²) in [6, 6.07) is 4.21. The van der Waals surface area contributed by atoms with Crippen LogP contribution in [0.4, 0.5) is 8.78 Å². The second kappa shape index (κ2) is 8.04. The van der Waals surface area contributed by atoms with E-state index >= 15 is 0 Å². The van der Waals surface area contributed by atoms with E-state index in [0.717, 1.165) is 0 Å². The van der Waals surface area contributed by atoms with Crippen molar-refractivity contribution < 1.29 is 32.3 Å². The van der Waals surface area contributed by atoms with Crippen molar-refractivity contribution in [3.05, 3.63) is 36.2 Å². The summed E-state index contributed by atoms with van der Waals surface area (Å²) in [6.45, 7) is -1.46. The smallest absolute Gasteiger partial charge is 0.387 e. The molecule has 7 nitrogen and oxygen atoms in total. The molecule has 0 aliphatic heterocycles. The lowest BCUT2D eigenvalue weighted by Gasteiger charge is -2.10. The van der Waals surface area contributed by atoms with E-state index in [0.29, 0.717) is 5.56 Å². The Labute approximate surface area is 135 Å². The van der Waals surface area contributed by atoms with Gasteiger partial charge in [0.25, 0.3) is 5.89 Å². The fraction of sp³-hybridized carbons (Fsp3) is 0.267. The number of benzene rings is 1. The highest BCUT2D eigenvalue weighted by molar-refractivity contribution is 5.81. The van der Waals surface area contributed by atoms with Gasteiger partial charge >= 0.3 is 12.6 Å². The molecule has 1 aromatic heterocycles. The summed E-state index contributed by atoms with van der Waals surface area (Å²) in [7, 11) is 1.32. The van der Waals surface area contributed by atoms with Crippen molar-refractivity contribution in [3.8, 4) is 22.9 Å². The predicted molar refractivity (Wildman–Crippen MR) is 77.5 cm³/mol. The van der Waals surface area contributed by atoms with Crippen LogP contribution in [0.15, 0.2) is 34.9 Å². The minimum Gasteiger partial charge on any atom is -0.493 e. The zero-order valence-corrected chi connectivity index (χ0v) is 12.9. The van der Waals surface area contributed by atoms with Gasteiger partial charge in [0, 0.05) is 11.6 Å². The summed E-state index contributed by atoms with van der Waals surface area (Å²) >= 11 is 0. The van der Waals surface area contributed by atoms with Crippen molar-refractivity contribution in [2.24, 2.45) is 0 Å². The van der Waals surface area contributed by atoms with Crippen LogP contribution in [0.25, 0.3) is 11.4 Å². The molecule has 0 fully saturated rings. The number of halogens is 2. The van der Waals surface area contributed by atoms with Gasteiger partial charge in [0.2, 0.25) is 5.82 Å². The Morgan fingerprint density at radius 1 is 1.38 bits per heavy atom. The maximum Gasteiger partial charge on any atom is 0.387 e. The van der Waals surface area contributed by atoms with Gasteiger partial charge in [-0.05, 0) is 25.1 Å². The molecule has 0 saturated carbocycles. The highest BCUT2D eigenvalue weighted by Crippen LogP contribution is 2.32. The average molecular weight is 340 g/mol. The molecule has 0 aliphatic carbocycles. The van der Waals surface area contributed by atoms with Crippen LogP contribution in [0.2, 0.25) is 0 Å². The number of esters is 1. The van der Waals surface area contributed by atoms with Gasteiger partial charge < -0.3 is 18.7 Å². The highest BCUT2D eigenvalue weighted by atomic mass is 19.3. The summed E-state index contributed by atoms with van der Waals surface area (Å²) in [5, 5.41) is 3.74. The molecule has 128 valence electrons. The van der Waals surface area contributed by atoms with Crippen LogP contribution in [0.5, 0.6) is 11.5 Å². The van der Waals surface area contributed by atoms with Crippen molar-refractivity contribution in [1.29, 1.82) is 0 Å². The summed E-state index contributed by atoms with van der Waals surface area (Å²) in [5.74, 6) is -0.268. The van der Waals surface area contributed by atoms with E-state index in [1.807, 2.05) is 0 Å². The third-order valence-corrected chi connectivity index (χ3v) is 2.75. The number of carbonyl (C=O) groups is 1. The molecule has 0 amide bonds. The first-order chi connectivity index (χ1) is 11.5. The number of methoxy groups -OCH3 is 1. The van der Waals surface area contributed by atoms with Gasteiger partial charge in [-0.3, -0.25) is 0 Å². The van der Waals surface area contributed by atoms with Crippen molar-refractivity contribution in [2.75, 3.05) is 7.11 Å². The quantitative estimate of drug-likeness (QED) is 0.566. The molecule has 1 aromatic carbocycles. The summed E-state index contributed by atoms with van der Waals surface area (Å²) in [4.78, 5) is 15.3. The molecule has 0 radical (unpaired) electrons. The first-order valence-corrected chi connectivity index (χ1v) is 6.78. The van der Waals surface area contributed by atoms with Crippen LogP contribution < -0.4 is 9.47 Å². The molecule has 0 atom stereocenters. The second-order valence-electron chi connectivity index (χ2n) is 4.36. The molecule has 0 bridgehead atoms. The third kappa shape index (κ3) is 4.51. The molecule has 1 heterocycles. The summed E-state index contributed by atoms with van der Waals surface area (Å²) < 4.78 is 43.8. The Morgan fingerprint density at radius 2 is 2.17 bits per heavy atom. The van der Waals surface area contributed by atoms with E-state index in [9.17, 15) is 13.6 Å². The van der Waals surface area contributed by atoms with Crippen LogP contribution >= 0.6 is 0 Å². The average Bonchev–Trinajstić information content (AvgIpc) is 3.02. The number of hydrogen-bond acceptors (Lipinski definition) is 7. The standard InChI is InChI=1S/C15H14F2N2O5/c1-3-4-13(20)22-8-12-18-14(19-24-12)9-5-6-10(23-15(16)17)11(7-9)21-2/h3-7,15H,8H2,1-2H3/b4-3+. The molecule has 2 rings (SSSR count). The lowest BCUT2D eigenvalue weighted by atomic mass is 10.2. The SMILES string of the molecule is C/C=C/C(=O)OCc1nc(-c2ccc(OC(F)F)c(OC)c2)no1. The number of rotatable bonds is 7. The van der Waals surface area contributed by atoms with Crippen LogP contribution in [0.3, 0.4) is 0 Å². The first-order valence-electron chi connectivity index (χ1n) is 6.78. The molecular weight excluding hydrogens is 326 g/mol. The van der Waals surface area contributed by atoms with E-state index < -0.39 is 12.6 Å². The fourth-order valence-electron chi connectivity index (χ4n) is 1.75. The van der Waals surface area contributed by atoms with Gasteiger partial charge in [-0.1, -0.05) is 11.2 Å². The summed E-state index contributed by atoms with van der Waals surface area (Å²) in [5.41, 5.74) is 0.461. The second-order valence-corrected chi connectivity index (χ2v) is 4.36. The molecule has 2 aromatic rings.